The largest absolute Gasteiger partial charge is 0.247 e. The van der Waals surface area contributed by atoms with Gasteiger partial charge in [-0.2, -0.15) is 0 Å². The predicted octanol–water partition coefficient (Wildman–Crippen LogP) is 3.65. The van der Waals surface area contributed by atoms with Crippen molar-refractivity contribution in [3.63, 3.8) is 0 Å². The maximum Gasteiger partial charge on any atom is 0.0859 e. The molecule has 0 radical (unpaired) electrons. The van der Waals surface area contributed by atoms with Crippen molar-refractivity contribution in [2.75, 3.05) is 0 Å². The maximum atomic E-state index is 4.41. The molecule has 102 valence electrons. The Labute approximate surface area is 111 Å². The number of fused-ring (bicyclic) bond motifs is 1. The molecular weight excluding hydrogens is 222 g/mol. The molecule has 0 spiro atoms. The third-order valence-electron chi connectivity index (χ3n) is 4.50. The summed E-state index contributed by atoms with van der Waals surface area (Å²) in [5.41, 5.74) is 2.64. The van der Waals surface area contributed by atoms with Crippen molar-refractivity contribution in [1.29, 1.82) is 0 Å². The Kier molecular flexibility index (Phi) is 4.08. The molecule has 0 saturated heterocycles. The predicted molar refractivity (Wildman–Crippen MR) is 74.5 cm³/mol. The normalized spacial score (nSPS) is 25.1. The molecule has 0 N–H and O–H groups in total. The fourth-order valence-corrected chi connectivity index (χ4v) is 3.37. The molecule has 0 amide bonds. The second-order valence-electron chi connectivity index (χ2n) is 6.48. The van der Waals surface area contributed by atoms with Crippen LogP contribution in [-0.4, -0.2) is 15.0 Å². The third-order valence-corrected chi connectivity index (χ3v) is 4.50. The van der Waals surface area contributed by atoms with Crippen molar-refractivity contribution in [3.8, 4) is 0 Å². The molecule has 3 heteroatoms. The van der Waals surface area contributed by atoms with Crippen LogP contribution < -0.4 is 0 Å². The zero-order chi connectivity index (χ0) is 13.3. The van der Waals surface area contributed by atoms with E-state index < -0.39 is 0 Å². The molecule has 1 aliphatic rings. The number of rotatable bonds is 2. The van der Waals surface area contributed by atoms with Gasteiger partial charge in [0.25, 0.3) is 0 Å². The van der Waals surface area contributed by atoms with E-state index in [1.165, 1.54) is 24.2 Å². The second kappa shape index (κ2) is 5.41. The zero-order valence-corrected chi connectivity index (χ0v) is 12.5. The van der Waals surface area contributed by atoms with Gasteiger partial charge in [-0.3, -0.25) is 0 Å². The Morgan fingerprint density at radius 3 is 2.44 bits per heavy atom. The second-order valence-corrected chi connectivity index (χ2v) is 6.48. The Morgan fingerprint density at radius 1 is 1.11 bits per heavy atom. The molecule has 0 fully saturated rings. The number of nitrogens with zero attached hydrogens (tertiary/aromatic N) is 3. The van der Waals surface area contributed by atoms with E-state index in [0.29, 0.717) is 6.04 Å². The highest BCUT2D eigenvalue weighted by Crippen LogP contribution is 2.32. The zero-order valence-electron chi connectivity index (χ0n) is 12.5. The van der Waals surface area contributed by atoms with Crippen LogP contribution in [0.2, 0.25) is 0 Å². The van der Waals surface area contributed by atoms with Gasteiger partial charge in [0.15, 0.2) is 0 Å². The van der Waals surface area contributed by atoms with E-state index in [2.05, 4.69) is 49.6 Å². The molecule has 1 aromatic rings. The van der Waals surface area contributed by atoms with Crippen LogP contribution in [0.5, 0.6) is 0 Å². The summed E-state index contributed by atoms with van der Waals surface area (Å²) >= 11 is 0. The maximum absolute atomic E-state index is 4.41. The standard InChI is InChI=1S/C15H27N3/c1-10(2)13-7-8-14-15(9-6-12(13)5)18(11(3)4)17-16-14/h10-13H,6-9H2,1-5H3. The molecule has 3 nitrogen and oxygen atoms in total. The van der Waals surface area contributed by atoms with Crippen LogP contribution in [0.1, 0.15) is 64.9 Å². The van der Waals surface area contributed by atoms with Crippen LogP contribution in [0.4, 0.5) is 0 Å². The number of hydrogen-bond donors (Lipinski definition) is 0. The molecule has 0 bridgehead atoms. The lowest BCUT2D eigenvalue weighted by molar-refractivity contribution is 0.235. The minimum Gasteiger partial charge on any atom is -0.247 e. The van der Waals surface area contributed by atoms with Gasteiger partial charge in [-0.25, -0.2) is 4.68 Å². The first-order valence-electron chi connectivity index (χ1n) is 7.43. The molecule has 2 unspecified atom stereocenters. The van der Waals surface area contributed by atoms with E-state index in [9.17, 15) is 0 Å². The Morgan fingerprint density at radius 2 is 1.83 bits per heavy atom. The molecule has 0 saturated carbocycles. The van der Waals surface area contributed by atoms with Crippen LogP contribution in [0.15, 0.2) is 0 Å². The van der Waals surface area contributed by atoms with Crippen LogP contribution in [-0.2, 0) is 12.8 Å². The number of aryl methyl sites for hydroxylation is 1. The van der Waals surface area contributed by atoms with Crippen LogP contribution >= 0.6 is 0 Å². The summed E-state index contributed by atoms with van der Waals surface area (Å²) in [4.78, 5) is 0. The topological polar surface area (TPSA) is 30.7 Å². The molecule has 2 rings (SSSR count). The van der Waals surface area contributed by atoms with Crippen molar-refractivity contribution in [3.05, 3.63) is 11.4 Å². The van der Waals surface area contributed by atoms with Gasteiger partial charge in [-0.1, -0.05) is 26.0 Å². The first-order chi connectivity index (χ1) is 8.50. The van der Waals surface area contributed by atoms with Gasteiger partial charge in [0.2, 0.25) is 0 Å². The summed E-state index contributed by atoms with van der Waals surface area (Å²) < 4.78 is 2.12. The first kappa shape index (κ1) is 13.6. The smallest absolute Gasteiger partial charge is 0.0859 e. The Bertz CT molecular complexity index is 392. The lowest BCUT2D eigenvalue weighted by atomic mass is 9.77. The highest BCUT2D eigenvalue weighted by molar-refractivity contribution is 5.13. The van der Waals surface area contributed by atoms with Crippen LogP contribution in [0.25, 0.3) is 0 Å². The average Bonchev–Trinajstić information content (AvgIpc) is 2.66. The van der Waals surface area contributed by atoms with Gasteiger partial charge >= 0.3 is 0 Å². The highest BCUT2D eigenvalue weighted by Gasteiger charge is 2.26. The Balaban J connectivity index is 2.22. The van der Waals surface area contributed by atoms with E-state index in [0.717, 1.165) is 30.6 Å². The molecule has 0 aromatic carbocycles. The van der Waals surface area contributed by atoms with Gasteiger partial charge in [-0.15, -0.1) is 5.10 Å². The first-order valence-corrected chi connectivity index (χ1v) is 7.43. The quantitative estimate of drug-likeness (QED) is 0.801. The summed E-state index contributed by atoms with van der Waals surface area (Å²) in [7, 11) is 0. The van der Waals surface area contributed by atoms with E-state index in [4.69, 9.17) is 0 Å². The monoisotopic (exact) mass is 249 g/mol. The number of aromatic nitrogens is 3. The molecule has 1 heterocycles. The minimum atomic E-state index is 0.428. The van der Waals surface area contributed by atoms with E-state index in [1.807, 2.05) is 0 Å². The van der Waals surface area contributed by atoms with Crippen molar-refractivity contribution in [2.24, 2.45) is 17.8 Å². The summed E-state index contributed by atoms with van der Waals surface area (Å²) in [6.07, 6.45) is 4.79. The van der Waals surface area contributed by atoms with Gasteiger partial charge < -0.3 is 0 Å². The number of hydrogen-bond acceptors (Lipinski definition) is 2. The van der Waals surface area contributed by atoms with E-state index >= 15 is 0 Å². The fraction of sp³-hybridized carbons (Fsp3) is 0.867. The SMILES string of the molecule is CC(C)C1CCc2nnn(C(C)C)c2CCC1C. The van der Waals surface area contributed by atoms with E-state index in [1.54, 1.807) is 0 Å². The molecule has 18 heavy (non-hydrogen) atoms. The van der Waals surface area contributed by atoms with Crippen molar-refractivity contribution in [2.45, 2.75) is 66.3 Å². The molecule has 2 atom stereocenters. The van der Waals surface area contributed by atoms with E-state index in [-0.39, 0.29) is 0 Å². The van der Waals surface area contributed by atoms with Gasteiger partial charge in [0, 0.05) is 6.04 Å². The van der Waals surface area contributed by atoms with Gasteiger partial charge in [0.1, 0.15) is 0 Å². The third kappa shape index (κ3) is 2.60. The summed E-state index contributed by atoms with van der Waals surface area (Å²) in [6, 6.07) is 0.428. The molecular formula is C15H27N3. The van der Waals surface area contributed by atoms with Gasteiger partial charge in [-0.05, 0) is 57.3 Å². The van der Waals surface area contributed by atoms with Crippen molar-refractivity contribution < 1.29 is 0 Å². The van der Waals surface area contributed by atoms with Crippen LogP contribution in [0, 0.1) is 17.8 Å². The van der Waals surface area contributed by atoms with Crippen LogP contribution in [0.3, 0.4) is 0 Å². The summed E-state index contributed by atoms with van der Waals surface area (Å²) in [6.45, 7) is 11.5. The van der Waals surface area contributed by atoms with Crippen molar-refractivity contribution in [1.82, 2.24) is 15.0 Å². The lowest BCUT2D eigenvalue weighted by Crippen LogP contribution is -2.22. The summed E-state index contributed by atoms with van der Waals surface area (Å²) in [5.74, 6) is 2.43. The summed E-state index contributed by atoms with van der Waals surface area (Å²) in [5, 5.41) is 8.75. The average molecular weight is 249 g/mol. The minimum absolute atomic E-state index is 0.428. The Hall–Kier alpha value is -0.860. The molecule has 1 aliphatic carbocycles. The lowest BCUT2D eigenvalue weighted by Gasteiger charge is -2.29. The fourth-order valence-electron chi connectivity index (χ4n) is 3.37. The van der Waals surface area contributed by atoms with Gasteiger partial charge in [0.05, 0.1) is 11.4 Å². The molecule has 1 aromatic heterocycles. The highest BCUT2D eigenvalue weighted by atomic mass is 15.4. The van der Waals surface area contributed by atoms with Crippen molar-refractivity contribution >= 4 is 0 Å². The molecule has 0 aliphatic heterocycles.